The molecule has 21 heavy (non-hydrogen) atoms. The van der Waals surface area contributed by atoms with Gasteiger partial charge in [-0.25, -0.2) is 0 Å². The summed E-state index contributed by atoms with van der Waals surface area (Å²) in [6.45, 7) is 4.30. The van der Waals surface area contributed by atoms with Gasteiger partial charge in [-0.3, -0.25) is 0 Å². The number of thioether (sulfide) groups is 1. The van der Waals surface area contributed by atoms with E-state index in [1.54, 1.807) is 18.9 Å². The molecular weight excluding hydrogens is 352 g/mol. The van der Waals surface area contributed by atoms with E-state index in [0.29, 0.717) is 5.92 Å². The van der Waals surface area contributed by atoms with Crippen molar-refractivity contribution in [3.05, 3.63) is 22.7 Å². The molecule has 0 saturated carbocycles. The van der Waals surface area contributed by atoms with Gasteiger partial charge in [-0.05, 0) is 24.1 Å². The van der Waals surface area contributed by atoms with Gasteiger partial charge in [-0.15, -0.1) is 10.2 Å². The Morgan fingerprint density at radius 2 is 2.14 bits per heavy atom. The largest absolute Gasteiger partial charge is 0.497 e. The van der Waals surface area contributed by atoms with Gasteiger partial charge in [-0.1, -0.05) is 41.5 Å². The molecule has 110 valence electrons. The first-order valence-electron chi connectivity index (χ1n) is 6.60. The van der Waals surface area contributed by atoms with Crippen LogP contribution in [0, 0.1) is 5.92 Å². The van der Waals surface area contributed by atoms with E-state index in [0.717, 1.165) is 38.2 Å². The van der Waals surface area contributed by atoms with E-state index in [1.165, 1.54) is 0 Å². The molecule has 0 unspecified atom stereocenters. The number of benzene rings is 1. The van der Waals surface area contributed by atoms with Crippen LogP contribution in [-0.4, -0.2) is 33.4 Å². The van der Waals surface area contributed by atoms with Gasteiger partial charge in [0.15, 0.2) is 5.82 Å². The average molecular weight is 367 g/mol. The number of fused-ring (bicyclic) bond motifs is 1. The SMILES string of the molecule is COc1ccc(Br)c(-c2nnc3n2N=C(C(C)C)CS3)c1. The molecule has 0 radical (unpaired) electrons. The van der Waals surface area contributed by atoms with Crippen molar-refractivity contribution < 1.29 is 4.74 Å². The summed E-state index contributed by atoms with van der Waals surface area (Å²) in [5.41, 5.74) is 2.06. The first-order chi connectivity index (χ1) is 10.1. The molecule has 1 aromatic carbocycles. The van der Waals surface area contributed by atoms with Gasteiger partial charge >= 0.3 is 0 Å². The number of ether oxygens (including phenoxy) is 1. The Labute approximate surface area is 135 Å². The van der Waals surface area contributed by atoms with Crippen molar-refractivity contribution in [2.45, 2.75) is 19.0 Å². The molecule has 0 saturated heterocycles. The van der Waals surface area contributed by atoms with E-state index in [-0.39, 0.29) is 0 Å². The van der Waals surface area contributed by atoms with Crippen LogP contribution >= 0.6 is 27.7 Å². The molecule has 0 aliphatic carbocycles. The van der Waals surface area contributed by atoms with Crippen molar-refractivity contribution in [1.82, 2.24) is 14.9 Å². The molecule has 5 nitrogen and oxygen atoms in total. The maximum atomic E-state index is 5.29. The number of methoxy groups -OCH3 is 1. The third-order valence-corrected chi connectivity index (χ3v) is 4.91. The lowest BCUT2D eigenvalue weighted by Gasteiger charge is -2.16. The molecular formula is C14H15BrN4OS. The topological polar surface area (TPSA) is 52.3 Å². The fourth-order valence-corrected chi connectivity index (χ4v) is 3.43. The molecule has 1 aliphatic rings. The molecule has 7 heteroatoms. The zero-order valence-electron chi connectivity index (χ0n) is 12.0. The summed E-state index contributed by atoms with van der Waals surface area (Å²) in [7, 11) is 1.65. The number of hydrogen-bond donors (Lipinski definition) is 0. The molecule has 1 aliphatic heterocycles. The van der Waals surface area contributed by atoms with Crippen LogP contribution in [0.4, 0.5) is 0 Å². The molecule has 0 bridgehead atoms. The molecule has 0 N–H and O–H groups in total. The quantitative estimate of drug-likeness (QED) is 0.831. The second-order valence-corrected chi connectivity index (χ2v) is 6.80. The fourth-order valence-electron chi connectivity index (χ4n) is 1.99. The van der Waals surface area contributed by atoms with E-state index >= 15 is 0 Å². The second kappa shape index (κ2) is 5.81. The zero-order chi connectivity index (χ0) is 15.0. The Kier molecular flexibility index (Phi) is 4.03. The van der Waals surface area contributed by atoms with Crippen LogP contribution in [0.3, 0.4) is 0 Å². The lowest BCUT2D eigenvalue weighted by atomic mass is 10.1. The summed E-state index contributed by atoms with van der Waals surface area (Å²) in [6.07, 6.45) is 0. The molecule has 0 atom stereocenters. The number of hydrogen-bond acceptors (Lipinski definition) is 5. The van der Waals surface area contributed by atoms with Crippen LogP contribution in [0.15, 0.2) is 32.9 Å². The molecule has 1 aromatic heterocycles. The lowest BCUT2D eigenvalue weighted by Crippen LogP contribution is -2.17. The highest BCUT2D eigenvalue weighted by molar-refractivity contribution is 9.10. The molecule has 0 spiro atoms. The first kappa shape index (κ1) is 14.6. The van der Waals surface area contributed by atoms with Gasteiger partial charge in [0, 0.05) is 15.8 Å². The minimum absolute atomic E-state index is 0.412. The van der Waals surface area contributed by atoms with Gasteiger partial charge in [0.05, 0.1) is 12.8 Å². The minimum atomic E-state index is 0.412. The van der Waals surface area contributed by atoms with Crippen molar-refractivity contribution in [3.8, 4) is 17.1 Å². The van der Waals surface area contributed by atoms with E-state index in [2.05, 4.69) is 40.0 Å². The Morgan fingerprint density at radius 3 is 2.86 bits per heavy atom. The predicted octanol–water partition coefficient (Wildman–Crippen LogP) is 3.68. The molecule has 2 aromatic rings. The number of rotatable bonds is 3. The van der Waals surface area contributed by atoms with Crippen molar-refractivity contribution >= 4 is 33.4 Å². The molecule has 0 amide bonds. The standard InChI is InChI=1S/C14H15BrN4OS/c1-8(2)12-7-21-14-17-16-13(19(14)18-12)10-6-9(20-3)4-5-11(10)15/h4-6,8H,7H2,1-3H3. The van der Waals surface area contributed by atoms with Crippen LogP contribution < -0.4 is 4.74 Å². The maximum Gasteiger partial charge on any atom is 0.212 e. The van der Waals surface area contributed by atoms with Crippen molar-refractivity contribution in [1.29, 1.82) is 0 Å². The van der Waals surface area contributed by atoms with Crippen molar-refractivity contribution in [2.75, 3.05) is 12.9 Å². The summed E-state index contributed by atoms with van der Waals surface area (Å²) >= 11 is 5.23. The summed E-state index contributed by atoms with van der Waals surface area (Å²) in [5.74, 6) is 2.78. The monoisotopic (exact) mass is 366 g/mol. The van der Waals surface area contributed by atoms with Gasteiger partial charge in [0.1, 0.15) is 5.75 Å². The molecule has 3 rings (SSSR count). The van der Waals surface area contributed by atoms with Crippen LogP contribution in [-0.2, 0) is 0 Å². The number of nitrogens with zero attached hydrogens (tertiary/aromatic N) is 4. The predicted molar refractivity (Wildman–Crippen MR) is 88.1 cm³/mol. The fraction of sp³-hybridized carbons (Fsp3) is 0.357. The summed E-state index contributed by atoms with van der Waals surface area (Å²) in [4.78, 5) is 0. The highest BCUT2D eigenvalue weighted by atomic mass is 79.9. The summed E-state index contributed by atoms with van der Waals surface area (Å²) in [5, 5.41) is 14.1. The van der Waals surface area contributed by atoms with E-state index in [1.807, 2.05) is 22.9 Å². The van der Waals surface area contributed by atoms with Gasteiger partial charge < -0.3 is 4.74 Å². The Bertz CT molecular complexity index is 711. The van der Waals surface area contributed by atoms with Gasteiger partial charge in [0.2, 0.25) is 5.16 Å². The van der Waals surface area contributed by atoms with Crippen molar-refractivity contribution in [3.63, 3.8) is 0 Å². The third kappa shape index (κ3) is 2.72. The normalized spacial score (nSPS) is 14.0. The van der Waals surface area contributed by atoms with E-state index < -0.39 is 0 Å². The molecule has 2 heterocycles. The second-order valence-electron chi connectivity index (χ2n) is 5.00. The van der Waals surface area contributed by atoms with Crippen LogP contribution in [0.5, 0.6) is 5.75 Å². The highest BCUT2D eigenvalue weighted by Gasteiger charge is 2.22. The van der Waals surface area contributed by atoms with Crippen molar-refractivity contribution in [2.24, 2.45) is 11.0 Å². The summed E-state index contributed by atoms with van der Waals surface area (Å²) < 4.78 is 8.05. The maximum absolute atomic E-state index is 5.29. The van der Waals surface area contributed by atoms with Crippen LogP contribution in [0.25, 0.3) is 11.4 Å². The minimum Gasteiger partial charge on any atom is -0.497 e. The number of aromatic nitrogens is 3. The third-order valence-electron chi connectivity index (χ3n) is 3.27. The van der Waals surface area contributed by atoms with E-state index in [9.17, 15) is 0 Å². The number of halogens is 1. The Hall–Kier alpha value is -1.34. The van der Waals surface area contributed by atoms with Gasteiger partial charge in [0.25, 0.3) is 0 Å². The summed E-state index contributed by atoms with van der Waals surface area (Å²) in [6, 6.07) is 5.78. The van der Waals surface area contributed by atoms with Crippen LogP contribution in [0.1, 0.15) is 13.8 Å². The molecule has 0 fully saturated rings. The smallest absolute Gasteiger partial charge is 0.212 e. The Morgan fingerprint density at radius 1 is 1.33 bits per heavy atom. The lowest BCUT2D eigenvalue weighted by molar-refractivity contribution is 0.415. The van der Waals surface area contributed by atoms with Crippen LogP contribution in [0.2, 0.25) is 0 Å². The Balaban J connectivity index is 2.13. The zero-order valence-corrected chi connectivity index (χ0v) is 14.4. The van der Waals surface area contributed by atoms with Gasteiger partial charge in [-0.2, -0.15) is 9.78 Å². The average Bonchev–Trinajstić information content (AvgIpc) is 2.90. The first-order valence-corrected chi connectivity index (χ1v) is 8.38. The highest BCUT2D eigenvalue weighted by Crippen LogP contribution is 2.34. The van der Waals surface area contributed by atoms with E-state index in [4.69, 9.17) is 9.84 Å².